The van der Waals surface area contributed by atoms with E-state index < -0.39 is 0 Å². The minimum atomic E-state index is -0.228. The molecule has 0 aromatic carbocycles. The van der Waals surface area contributed by atoms with E-state index in [0.29, 0.717) is 24.4 Å². The molecule has 2 nitrogen and oxygen atoms in total. The number of rotatable bonds is 8. The summed E-state index contributed by atoms with van der Waals surface area (Å²) in [5.74, 6) is 0.950. The molecule has 0 aliphatic heterocycles. The van der Waals surface area contributed by atoms with Gasteiger partial charge in [0.2, 0.25) is 0 Å². The minimum Gasteiger partial charge on any atom is -0.392 e. The Morgan fingerprint density at radius 1 is 1.27 bits per heavy atom. The highest BCUT2D eigenvalue weighted by Gasteiger charge is 2.15. The molecule has 2 heteroatoms. The zero-order valence-electron chi connectivity index (χ0n) is 10.7. The molecule has 90 valence electrons. The van der Waals surface area contributed by atoms with Crippen LogP contribution in [0.3, 0.4) is 0 Å². The molecule has 0 spiro atoms. The number of hydrogen-bond donors (Lipinski definition) is 2. The molecule has 4 unspecified atom stereocenters. The van der Waals surface area contributed by atoms with Gasteiger partial charge in [-0.1, -0.05) is 33.3 Å². The van der Waals surface area contributed by atoms with Gasteiger partial charge in [-0.15, -0.1) is 6.58 Å². The van der Waals surface area contributed by atoms with E-state index >= 15 is 0 Å². The first-order valence-electron chi connectivity index (χ1n) is 6.05. The summed E-state index contributed by atoms with van der Waals surface area (Å²) in [6, 6.07) is 0.432. The number of aliphatic hydroxyl groups excluding tert-OH is 1. The molecular weight excluding hydrogens is 186 g/mol. The fraction of sp³-hybridized carbons (Fsp3) is 0.846. The Hall–Kier alpha value is -0.340. The van der Waals surface area contributed by atoms with Gasteiger partial charge in [0.1, 0.15) is 0 Å². The molecule has 0 fully saturated rings. The van der Waals surface area contributed by atoms with Crippen LogP contribution in [0.2, 0.25) is 0 Å². The van der Waals surface area contributed by atoms with Crippen molar-refractivity contribution in [2.75, 3.05) is 6.54 Å². The maximum absolute atomic E-state index is 9.80. The first-order valence-corrected chi connectivity index (χ1v) is 6.05. The second kappa shape index (κ2) is 7.89. The Labute approximate surface area is 94.8 Å². The second-order valence-electron chi connectivity index (χ2n) is 4.65. The lowest BCUT2D eigenvalue weighted by atomic mass is 9.98. The van der Waals surface area contributed by atoms with Crippen molar-refractivity contribution in [2.45, 2.75) is 52.7 Å². The van der Waals surface area contributed by atoms with Gasteiger partial charge in [-0.3, -0.25) is 0 Å². The molecule has 0 aliphatic rings. The SMILES string of the molecule is C=CCC(C)C(C)NCC(O)C(C)CC. The van der Waals surface area contributed by atoms with E-state index in [1.54, 1.807) is 0 Å². The van der Waals surface area contributed by atoms with E-state index in [9.17, 15) is 5.11 Å². The van der Waals surface area contributed by atoms with E-state index in [0.717, 1.165) is 12.8 Å². The Balaban J connectivity index is 3.78. The molecule has 15 heavy (non-hydrogen) atoms. The molecule has 0 saturated heterocycles. The Bertz CT molecular complexity index is 170. The summed E-state index contributed by atoms with van der Waals surface area (Å²) >= 11 is 0. The predicted octanol–water partition coefficient (Wildman–Crippen LogP) is 2.58. The highest BCUT2D eigenvalue weighted by molar-refractivity contribution is 4.78. The third kappa shape index (κ3) is 5.95. The van der Waals surface area contributed by atoms with Crippen molar-refractivity contribution in [3.05, 3.63) is 12.7 Å². The molecule has 0 amide bonds. The van der Waals surface area contributed by atoms with E-state index in [4.69, 9.17) is 0 Å². The maximum Gasteiger partial charge on any atom is 0.0690 e. The summed E-state index contributed by atoms with van der Waals surface area (Å²) in [6.45, 7) is 13.0. The molecule has 2 N–H and O–H groups in total. The Morgan fingerprint density at radius 2 is 1.87 bits per heavy atom. The van der Waals surface area contributed by atoms with Crippen molar-refractivity contribution in [1.29, 1.82) is 0 Å². The van der Waals surface area contributed by atoms with Crippen LogP contribution in [-0.2, 0) is 0 Å². The molecule has 0 aromatic heterocycles. The number of nitrogens with one attached hydrogen (secondary N) is 1. The zero-order valence-corrected chi connectivity index (χ0v) is 10.7. The fourth-order valence-corrected chi connectivity index (χ4v) is 1.45. The summed E-state index contributed by atoms with van der Waals surface area (Å²) in [4.78, 5) is 0. The molecule has 4 atom stereocenters. The van der Waals surface area contributed by atoms with Crippen LogP contribution in [0.1, 0.15) is 40.5 Å². The summed E-state index contributed by atoms with van der Waals surface area (Å²) in [6.07, 6.45) is 3.77. The third-order valence-electron chi connectivity index (χ3n) is 3.34. The van der Waals surface area contributed by atoms with Crippen LogP contribution in [0.15, 0.2) is 12.7 Å². The first-order chi connectivity index (χ1) is 7.02. The first kappa shape index (κ1) is 14.7. The molecule has 0 radical (unpaired) electrons. The smallest absolute Gasteiger partial charge is 0.0690 e. The number of hydrogen-bond acceptors (Lipinski definition) is 2. The molecule has 0 aliphatic carbocycles. The van der Waals surface area contributed by atoms with Gasteiger partial charge in [0.05, 0.1) is 6.10 Å². The molecule has 0 bridgehead atoms. The highest BCUT2D eigenvalue weighted by atomic mass is 16.3. The number of allylic oxidation sites excluding steroid dienone is 1. The van der Waals surface area contributed by atoms with Gasteiger partial charge in [-0.2, -0.15) is 0 Å². The molecule has 0 rings (SSSR count). The van der Waals surface area contributed by atoms with Crippen LogP contribution in [-0.4, -0.2) is 23.8 Å². The third-order valence-corrected chi connectivity index (χ3v) is 3.34. The van der Waals surface area contributed by atoms with Crippen molar-refractivity contribution in [3.8, 4) is 0 Å². The van der Waals surface area contributed by atoms with Crippen molar-refractivity contribution < 1.29 is 5.11 Å². The van der Waals surface area contributed by atoms with Crippen LogP contribution < -0.4 is 5.32 Å². The van der Waals surface area contributed by atoms with Crippen LogP contribution in [0.25, 0.3) is 0 Å². The lowest BCUT2D eigenvalue weighted by molar-refractivity contribution is 0.108. The lowest BCUT2D eigenvalue weighted by Gasteiger charge is -2.24. The van der Waals surface area contributed by atoms with Crippen molar-refractivity contribution >= 4 is 0 Å². The monoisotopic (exact) mass is 213 g/mol. The summed E-state index contributed by atoms with van der Waals surface area (Å²) in [7, 11) is 0. The maximum atomic E-state index is 9.80. The average molecular weight is 213 g/mol. The van der Waals surface area contributed by atoms with Crippen molar-refractivity contribution in [2.24, 2.45) is 11.8 Å². The van der Waals surface area contributed by atoms with Gasteiger partial charge < -0.3 is 10.4 Å². The van der Waals surface area contributed by atoms with Crippen molar-refractivity contribution in [3.63, 3.8) is 0 Å². The van der Waals surface area contributed by atoms with Crippen LogP contribution >= 0.6 is 0 Å². The Morgan fingerprint density at radius 3 is 2.33 bits per heavy atom. The minimum absolute atomic E-state index is 0.228. The molecule has 0 heterocycles. The standard InChI is InChI=1S/C13H27NO/c1-6-8-11(4)12(5)14-9-13(15)10(3)7-2/h6,10-15H,1,7-9H2,2-5H3. The highest BCUT2D eigenvalue weighted by Crippen LogP contribution is 2.10. The lowest BCUT2D eigenvalue weighted by Crippen LogP contribution is -2.39. The van der Waals surface area contributed by atoms with Gasteiger partial charge in [-0.05, 0) is 25.2 Å². The molecule has 0 saturated carbocycles. The number of aliphatic hydroxyl groups is 1. The largest absolute Gasteiger partial charge is 0.392 e. The summed E-state index contributed by atoms with van der Waals surface area (Å²) in [5.41, 5.74) is 0. The van der Waals surface area contributed by atoms with Gasteiger partial charge in [0.15, 0.2) is 0 Å². The van der Waals surface area contributed by atoms with Gasteiger partial charge in [-0.25, -0.2) is 0 Å². The van der Waals surface area contributed by atoms with Crippen LogP contribution in [0.5, 0.6) is 0 Å². The normalized spacial score (nSPS) is 19.3. The van der Waals surface area contributed by atoms with Crippen molar-refractivity contribution in [1.82, 2.24) is 5.32 Å². The quantitative estimate of drug-likeness (QED) is 0.607. The zero-order chi connectivity index (χ0) is 11.8. The van der Waals surface area contributed by atoms with Gasteiger partial charge in [0, 0.05) is 12.6 Å². The predicted molar refractivity (Wildman–Crippen MR) is 66.9 cm³/mol. The topological polar surface area (TPSA) is 32.3 Å². The molecular formula is C13H27NO. The summed E-state index contributed by atoms with van der Waals surface area (Å²) in [5, 5.41) is 13.2. The molecule has 0 aromatic rings. The van der Waals surface area contributed by atoms with E-state index in [1.807, 2.05) is 6.08 Å². The van der Waals surface area contributed by atoms with Crippen LogP contribution in [0, 0.1) is 11.8 Å². The average Bonchev–Trinajstić information content (AvgIpc) is 2.24. The fourth-order valence-electron chi connectivity index (χ4n) is 1.45. The Kier molecular flexibility index (Phi) is 7.71. The summed E-state index contributed by atoms with van der Waals surface area (Å²) < 4.78 is 0. The second-order valence-corrected chi connectivity index (χ2v) is 4.65. The van der Waals surface area contributed by atoms with Gasteiger partial charge >= 0.3 is 0 Å². The van der Waals surface area contributed by atoms with E-state index in [-0.39, 0.29) is 6.10 Å². The van der Waals surface area contributed by atoms with Gasteiger partial charge in [0.25, 0.3) is 0 Å². The van der Waals surface area contributed by atoms with Crippen LogP contribution in [0.4, 0.5) is 0 Å². The van der Waals surface area contributed by atoms with E-state index in [2.05, 4.69) is 39.6 Å². The van der Waals surface area contributed by atoms with E-state index in [1.165, 1.54) is 0 Å².